The summed E-state index contributed by atoms with van der Waals surface area (Å²) in [5, 5.41) is 6.01. The van der Waals surface area contributed by atoms with Gasteiger partial charge >= 0.3 is 0 Å². The molecule has 0 aliphatic carbocycles. The molecule has 0 amide bonds. The average molecular weight is 793 g/mol. The second kappa shape index (κ2) is 12.9. The molecule has 6 aromatic carbocycles. The third kappa shape index (κ3) is 5.21. The van der Waals surface area contributed by atoms with Crippen LogP contribution in [0.25, 0.3) is 93.8 Å². The molecule has 6 aromatic heterocycles. The van der Waals surface area contributed by atoms with Crippen molar-refractivity contribution in [2.75, 3.05) is 0 Å². The molecule has 6 heterocycles. The summed E-state index contributed by atoms with van der Waals surface area (Å²) in [5.41, 5.74) is 13.2. The van der Waals surface area contributed by atoms with Crippen LogP contribution in [0, 0.1) is 0 Å². The van der Waals surface area contributed by atoms with E-state index < -0.39 is 0 Å². The largest absolute Gasteiger partial charge is 0.457 e. The first kappa shape index (κ1) is 35.3. The molecule has 0 aliphatic heterocycles. The Balaban J connectivity index is 1.02. The monoisotopic (exact) mass is 792 g/mol. The Bertz CT molecular complexity index is 3670. The Morgan fingerprint density at radius 2 is 1.20 bits per heavy atom. The van der Waals surface area contributed by atoms with Crippen molar-refractivity contribution in [3.8, 4) is 28.7 Å². The molecule has 8 heteroatoms. The van der Waals surface area contributed by atoms with Crippen LogP contribution < -0.4 is 9.30 Å². The molecule has 12 rings (SSSR count). The lowest BCUT2D eigenvalue weighted by molar-refractivity contribution is -0.564. The first-order valence-corrected chi connectivity index (χ1v) is 20.8. The van der Waals surface area contributed by atoms with Gasteiger partial charge in [-0.25, -0.2) is 4.98 Å². The third-order valence-corrected chi connectivity index (χ3v) is 12.6. The second-order valence-electron chi connectivity index (χ2n) is 17.2. The van der Waals surface area contributed by atoms with Gasteiger partial charge in [0.1, 0.15) is 23.0 Å². The third-order valence-electron chi connectivity index (χ3n) is 12.6. The Labute approximate surface area is 351 Å². The highest BCUT2D eigenvalue weighted by Gasteiger charge is 2.28. The second-order valence-corrected chi connectivity index (χ2v) is 17.2. The molecular formula is C53H42N7O+. The molecule has 8 nitrogen and oxygen atoms in total. The van der Waals surface area contributed by atoms with Gasteiger partial charge in [-0.2, -0.15) is 9.13 Å². The minimum absolute atomic E-state index is 0.0239. The minimum atomic E-state index is -0.0239. The predicted octanol–water partition coefficient (Wildman–Crippen LogP) is 12.2. The van der Waals surface area contributed by atoms with Gasteiger partial charge in [0.25, 0.3) is 6.33 Å². The Kier molecular flexibility index (Phi) is 7.45. The fraction of sp³-hybridized carbons (Fsp3) is 0.113. The summed E-state index contributed by atoms with van der Waals surface area (Å²) in [6.07, 6.45) is 5.99. The van der Waals surface area contributed by atoms with Crippen LogP contribution in [0.3, 0.4) is 0 Å². The number of imidazole rings is 1. The van der Waals surface area contributed by atoms with Crippen LogP contribution in [0.2, 0.25) is 0 Å². The molecule has 0 unspecified atom stereocenters. The Hall–Kier alpha value is -7.71. The van der Waals surface area contributed by atoms with E-state index in [1.165, 1.54) is 49.2 Å². The first-order valence-electron chi connectivity index (χ1n) is 20.8. The number of pyridine rings is 2. The summed E-state index contributed by atoms with van der Waals surface area (Å²) in [7, 11) is 4.38. The number of aromatic nitrogens is 7. The van der Waals surface area contributed by atoms with E-state index >= 15 is 0 Å². The van der Waals surface area contributed by atoms with Gasteiger partial charge in [-0.05, 0) is 89.8 Å². The molecule has 294 valence electrons. The van der Waals surface area contributed by atoms with Crippen molar-refractivity contribution in [2.45, 2.75) is 26.2 Å². The topological polar surface area (TPSA) is 58.6 Å². The van der Waals surface area contributed by atoms with E-state index in [2.05, 4.69) is 191 Å². The first-order chi connectivity index (χ1) is 29.7. The normalized spacial score (nSPS) is 12.3. The smallest absolute Gasteiger partial charge is 0.255 e. The van der Waals surface area contributed by atoms with Crippen LogP contribution in [0.4, 0.5) is 0 Å². The van der Waals surface area contributed by atoms with Crippen LogP contribution in [-0.2, 0) is 19.5 Å². The number of hydrogen-bond donors (Lipinski definition) is 0. The van der Waals surface area contributed by atoms with Gasteiger partial charge in [-0.3, -0.25) is 9.55 Å². The predicted molar refractivity (Wildman–Crippen MR) is 248 cm³/mol. The summed E-state index contributed by atoms with van der Waals surface area (Å²) in [6.45, 7) is 6.68. The summed E-state index contributed by atoms with van der Waals surface area (Å²) < 4.78 is 18.3. The van der Waals surface area contributed by atoms with Gasteiger partial charge < -0.3 is 13.9 Å². The highest BCUT2D eigenvalue weighted by Crippen LogP contribution is 2.41. The summed E-state index contributed by atoms with van der Waals surface area (Å²) in [5.74, 6) is 2.32. The molecule has 0 N–H and O–H groups in total. The minimum Gasteiger partial charge on any atom is -0.457 e. The zero-order valence-corrected chi connectivity index (χ0v) is 34.6. The molecule has 0 atom stereocenters. The van der Waals surface area contributed by atoms with Crippen LogP contribution in [-0.4, -0.2) is 28.2 Å². The quantitative estimate of drug-likeness (QED) is 0.163. The number of fused-ring (bicyclic) bond motifs is 10. The van der Waals surface area contributed by atoms with E-state index in [0.717, 1.165) is 61.7 Å². The van der Waals surface area contributed by atoms with E-state index in [0.29, 0.717) is 0 Å². The van der Waals surface area contributed by atoms with Gasteiger partial charge in [-0.1, -0.05) is 75.4 Å². The molecule has 0 fully saturated rings. The van der Waals surface area contributed by atoms with Crippen molar-refractivity contribution in [1.82, 2.24) is 28.2 Å². The fourth-order valence-electron chi connectivity index (χ4n) is 9.65. The summed E-state index contributed by atoms with van der Waals surface area (Å²) in [4.78, 5) is 9.66. The standard InChI is InChI=1S/C53H42N7O/c1-53(2,3)33-25-27-54-48(28-33)60-46-22-13-26-55-49(46)39-24-23-36(30-47(39)60)61-35-15-12-14-34(29-35)58-32-59(45-21-11-10-20-44(45)58)52-50-40(37-16-6-8-18-42(37)56(50)4)31-41-38-17-7-9-19-43(38)57(5)51(41)52/h6-32H,1-5H3/q+1. The SMILES string of the molecule is Cn1c2ccccc2c2cc3c4ccccc4n(C)c3c(-[n+]3cn(-c4cccc(Oc5ccc6c7ncccc7n(-c7cc(C(C)(C)C)ccn7)c6c5)c4)c4ccccc43)c21. The number of rotatable bonds is 5. The van der Waals surface area contributed by atoms with Crippen molar-refractivity contribution >= 4 is 76.6 Å². The van der Waals surface area contributed by atoms with Crippen molar-refractivity contribution in [2.24, 2.45) is 14.1 Å². The molecule has 61 heavy (non-hydrogen) atoms. The van der Waals surface area contributed by atoms with E-state index in [9.17, 15) is 0 Å². The average Bonchev–Trinajstić information content (AvgIpc) is 4.00. The van der Waals surface area contributed by atoms with Gasteiger partial charge in [0, 0.05) is 76.6 Å². The Morgan fingerprint density at radius 1 is 0.525 bits per heavy atom. The van der Waals surface area contributed by atoms with Crippen LogP contribution >= 0.6 is 0 Å². The molecule has 0 saturated heterocycles. The van der Waals surface area contributed by atoms with Crippen molar-refractivity contribution < 1.29 is 9.30 Å². The van der Waals surface area contributed by atoms with Crippen LogP contribution in [0.5, 0.6) is 11.5 Å². The molecule has 0 radical (unpaired) electrons. The summed E-state index contributed by atoms with van der Waals surface area (Å²) in [6, 6.07) is 51.5. The van der Waals surface area contributed by atoms with Gasteiger partial charge in [0.2, 0.25) is 0 Å². The van der Waals surface area contributed by atoms with Gasteiger partial charge in [0.05, 0.1) is 27.6 Å². The zero-order chi connectivity index (χ0) is 41.1. The maximum atomic E-state index is 6.75. The number of hydrogen-bond acceptors (Lipinski definition) is 3. The van der Waals surface area contributed by atoms with Gasteiger partial charge in [0.15, 0.2) is 16.7 Å². The van der Waals surface area contributed by atoms with Crippen molar-refractivity contribution in [3.05, 3.63) is 170 Å². The maximum absolute atomic E-state index is 6.75. The van der Waals surface area contributed by atoms with Crippen molar-refractivity contribution in [1.29, 1.82) is 0 Å². The highest BCUT2D eigenvalue weighted by atomic mass is 16.5. The molecule has 0 aliphatic rings. The number of para-hydroxylation sites is 4. The van der Waals surface area contributed by atoms with Crippen LogP contribution in [0.1, 0.15) is 26.3 Å². The molecule has 0 spiro atoms. The number of benzene rings is 6. The lowest BCUT2D eigenvalue weighted by Gasteiger charge is -2.20. The maximum Gasteiger partial charge on any atom is 0.255 e. The van der Waals surface area contributed by atoms with E-state index in [1.54, 1.807) is 0 Å². The van der Waals surface area contributed by atoms with E-state index in [1.807, 2.05) is 30.6 Å². The molecule has 12 aromatic rings. The van der Waals surface area contributed by atoms with Crippen LogP contribution in [0.15, 0.2) is 164 Å². The van der Waals surface area contributed by atoms with E-state index in [-0.39, 0.29) is 5.41 Å². The number of ether oxygens (including phenoxy) is 1. The summed E-state index contributed by atoms with van der Waals surface area (Å²) >= 11 is 0. The Morgan fingerprint density at radius 3 is 1.93 bits per heavy atom. The zero-order valence-electron chi connectivity index (χ0n) is 34.6. The van der Waals surface area contributed by atoms with E-state index in [4.69, 9.17) is 14.7 Å². The molecular weight excluding hydrogens is 751 g/mol. The fourth-order valence-corrected chi connectivity index (χ4v) is 9.65. The number of nitrogens with zero attached hydrogens (tertiary/aromatic N) is 7. The molecule has 0 saturated carbocycles. The molecule has 0 bridgehead atoms. The number of aryl methyl sites for hydroxylation is 2. The highest BCUT2D eigenvalue weighted by molar-refractivity contribution is 6.21. The van der Waals surface area contributed by atoms with Gasteiger partial charge in [-0.15, -0.1) is 0 Å². The lowest BCUT2D eigenvalue weighted by Crippen LogP contribution is -2.30. The lowest BCUT2D eigenvalue weighted by atomic mass is 9.88. The van der Waals surface area contributed by atoms with Crippen molar-refractivity contribution in [3.63, 3.8) is 0 Å².